The van der Waals surface area contributed by atoms with Gasteiger partial charge in [0.2, 0.25) is 0 Å². The minimum atomic E-state index is -1.20. The van der Waals surface area contributed by atoms with Crippen LogP contribution in [0.1, 0.15) is 22.0 Å². The third-order valence-corrected chi connectivity index (χ3v) is 2.34. The molecule has 0 aliphatic rings. The summed E-state index contributed by atoms with van der Waals surface area (Å²) in [4.78, 5) is 10.7. The third-order valence-electron chi connectivity index (χ3n) is 2.10. The summed E-state index contributed by atoms with van der Waals surface area (Å²) >= 11 is 5.73. The molecule has 5 heteroatoms. The van der Waals surface area contributed by atoms with Crippen LogP contribution in [0.5, 0.6) is 0 Å². The Balaban J connectivity index is 3.10. The average molecular weight is 230 g/mol. The molecule has 4 N–H and O–H groups in total. The molecule has 0 heterocycles. The molecule has 1 aromatic carbocycles. The molecule has 2 atom stereocenters. The molecule has 0 saturated carbocycles. The number of aliphatic hydroxyl groups excluding tert-OH is 2. The molecule has 0 amide bonds. The zero-order chi connectivity index (χ0) is 11.4. The lowest BCUT2D eigenvalue weighted by atomic mass is 9.99. The minimum absolute atomic E-state index is 0.0913. The Kier molecular flexibility index (Phi) is 4.23. The van der Waals surface area contributed by atoms with E-state index < -0.39 is 12.2 Å². The van der Waals surface area contributed by atoms with E-state index in [4.69, 9.17) is 17.3 Å². The summed E-state index contributed by atoms with van der Waals surface area (Å²) in [6, 6.07) is 4.46. The lowest BCUT2D eigenvalue weighted by molar-refractivity contribution is 0.0240. The van der Waals surface area contributed by atoms with Crippen molar-refractivity contribution in [2.75, 3.05) is 6.54 Å². The Morgan fingerprint density at radius 3 is 2.67 bits per heavy atom. The largest absolute Gasteiger partial charge is 0.389 e. The van der Waals surface area contributed by atoms with Crippen LogP contribution in [0.2, 0.25) is 5.02 Å². The zero-order valence-corrected chi connectivity index (χ0v) is 8.69. The Hall–Kier alpha value is -0.940. The molecule has 0 aromatic heterocycles. The number of aliphatic hydroxyl groups is 2. The topological polar surface area (TPSA) is 83.6 Å². The molecule has 0 bridgehead atoms. The molecule has 0 radical (unpaired) electrons. The van der Waals surface area contributed by atoms with Gasteiger partial charge in [0.25, 0.3) is 0 Å². The van der Waals surface area contributed by atoms with Gasteiger partial charge in [0.15, 0.2) is 0 Å². The van der Waals surface area contributed by atoms with Crippen molar-refractivity contribution in [2.24, 2.45) is 5.73 Å². The molecule has 82 valence electrons. The first-order chi connectivity index (χ1) is 7.10. The monoisotopic (exact) mass is 229 g/mol. The smallest absolute Gasteiger partial charge is 0.150 e. The molecule has 0 aliphatic heterocycles. The number of nitrogens with two attached hydrogens (primary N) is 1. The average Bonchev–Trinajstić information content (AvgIpc) is 2.27. The second-order valence-corrected chi connectivity index (χ2v) is 3.58. The quantitative estimate of drug-likeness (QED) is 0.657. The summed E-state index contributed by atoms with van der Waals surface area (Å²) in [6.07, 6.45) is -1.71. The maximum atomic E-state index is 10.7. The van der Waals surface area contributed by atoms with E-state index >= 15 is 0 Å². The first kappa shape index (κ1) is 12.1. The number of hydrogen-bond donors (Lipinski definition) is 3. The SMILES string of the molecule is NCC(O)C(O)c1cc(Cl)ccc1C=O. The fourth-order valence-corrected chi connectivity index (χ4v) is 1.43. The zero-order valence-electron chi connectivity index (χ0n) is 7.93. The molecule has 1 rings (SSSR count). The molecule has 0 fully saturated rings. The van der Waals surface area contributed by atoms with Crippen molar-refractivity contribution < 1.29 is 15.0 Å². The summed E-state index contributed by atoms with van der Waals surface area (Å²) < 4.78 is 0. The van der Waals surface area contributed by atoms with E-state index in [0.717, 1.165) is 0 Å². The summed E-state index contributed by atoms with van der Waals surface area (Å²) in [5, 5.41) is 19.4. The molecule has 0 saturated heterocycles. The summed E-state index contributed by atoms with van der Waals surface area (Å²) in [5.74, 6) is 0. The van der Waals surface area contributed by atoms with Gasteiger partial charge in [0.05, 0.1) is 6.10 Å². The highest BCUT2D eigenvalue weighted by molar-refractivity contribution is 6.30. The Morgan fingerprint density at radius 2 is 2.13 bits per heavy atom. The second-order valence-electron chi connectivity index (χ2n) is 3.14. The Morgan fingerprint density at radius 1 is 1.47 bits per heavy atom. The van der Waals surface area contributed by atoms with E-state index in [0.29, 0.717) is 16.9 Å². The van der Waals surface area contributed by atoms with Crippen LogP contribution in [-0.4, -0.2) is 29.1 Å². The van der Waals surface area contributed by atoms with Crippen LogP contribution in [-0.2, 0) is 0 Å². The number of benzene rings is 1. The van der Waals surface area contributed by atoms with Crippen molar-refractivity contribution in [1.29, 1.82) is 0 Å². The van der Waals surface area contributed by atoms with Crippen LogP contribution in [0.4, 0.5) is 0 Å². The van der Waals surface area contributed by atoms with Crippen molar-refractivity contribution in [3.63, 3.8) is 0 Å². The molecule has 15 heavy (non-hydrogen) atoms. The first-order valence-electron chi connectivity index (χ1n) is 4.41. The van der Waals surface area contributed by atoms with E-state index in [1.807, 2.05) is 0 Å². The third kappa shape index (κ3) is 2.76. The molecule has 4 nitrogen and oxygen atoms in total. The Bertz CT molecular complexity index is 357. The van der Waals surface area contributed by atoms with Gasteiger partial charge in [-0.1, -0.05) is 11.6 Å². The highest BCUT2D eigenvalue weighted by Crippen LogP contribution is 2.23. The van der Waals surface area contributed by atoms with Gasteiger partial charge in [0, 0.05) is 17.1 Å². The molecule has 0 spiro atoms. The maximum absolute atomic E-state index is 10.7. The number of hydrogen-bond acceptors (Lipinski definition) is 4. The van der Waals surface area contributed by atoms with Crippen molar-refractivity contribution in [2.45, 2.75) is 12.2 Å². The number of carbonyl (C=O) groups is 1. The maximum Gasteiger partial charge on any atom is 0.150 e. The van der Waals surface area contributed by atoms with Crippen molar-refractivity contribution in [1.82, 2.24) is 0 Å². The van der Waals surface area contributed by atoms with Crippen molar-refractivity contribution >= 4 is 17.9 Å². The second kappa shape index (κ2) is 5.23. The summed E-state index contributed by atoms with van der Waals surface area (Å²) in [6.45, 7) is -0.0913. The van der Waals surface area contributed by atoms with Crippen LogP contribution in [0.3, 0.4) is 0 Å². The van der Waals surface area contributed by atoms with Crippen LogP contribution < -0.4 is 5.73 Å². The molecule has 2 unspecified atom stereocenters. The van der Waals surface area contributed by atoms with E-state index in [2.05, 4.69) is 0 Å². The first-order valence-corrected chi connectivity index (χ1v) is 4.78. The van der Waals surface area contributed by atoms with Gasteiger partial charge in [-0.2, -0.15) is 0 Å². The highest BCUT2D eigenvalue weighted by atomic mass is 35.5. The van der Waals surface area contributed by atoms with E-state index in [-0.39, 0.29) is 12.1 Å². The van der Waals surface area contributed by atoms with Gasteiger partial charge in [-0.15, -0.1) is 0 Å². The number of halogens is 1. The van der Waals surface area contributed by atoms with Crippen LogP contribution >= 0.6 is 11.6 Å². The van der Waals surface area contributed by atoms with Gasteiger partial charge in [-0.05, 0) is 23.8 Å². The molecule has 0 aliphatic carbocycles. The fraction of sp³-hybridized carbons (Fsp3) is 0.300. The lowest BCUT2D eigenvalue weighted by Gasteiger charge is -2.18. The van der Waals surface area contributed by atoms with Crippen LogP contribution in [0, 0.1) is 0 Å². The van der Waals surface area contributed by atoms with Crippen LogP contribution in [0.15, 0.2) is 18.2 Å². The minimum Gasteiger partial charge on any atom is -0.389 e. The van der Waals surface area contributed by atoms with E-state index in [1.165, 1.54) is 18.2 Å². The number of carbonyl (C=O) groups excluding carboxylic acids is 1. The van der Waals surface area contributed by atoms with Crippen molar-refractivity contribution in [3.8, 4) is 0 Å². The van der Waals surface area contributed by atoms with Gasteiger partial charge in [-0.25, -0.2) is 0 Å². The number of rotatable bonds is 4. The fourth-order valence-electron chi connectivity index (χ4n) is 1.25. The molecular formula is C10H12ClNO3. The van der Waals surface area contributed by atoms with Crippen molar-refractivity contribution in [3.05, 3.63) is 34.3 Å². The molecule has 1 aromatic rings. The summed E-state index contributed by atoms with van der Waals surface area (Å²) in [5.41, 5.74) is 5.79. The predicted molar refractivity (Wildman–Crippen MR) is 56.9 cm³/mol. The standard InChI is InChI=1S/C10H12ClNO3/c11-7-2-1-6(5-13)8(3-7)10(15)9(14)4-12/h1-3,5,9-10,14-15H,4,12H2. The van der Waals surface area contributed by atoms with Gasteiger partial charge < -0.3 is 15.9 Å². The highest BCUT2D eigenvalue weighted by Gasteiger charge is 2.19. The van der Waals surface area contributed by atoms with E-state index in [9.17, 15) is 15.0 Å². The lowest BCUT2D eigenvalue weighted by Crippen LogP contribution is -2.27. The van der Waals surface area contributed by atoms with Crippen LogP contribution in [0.25, 0.3) is 0 Å². The van der Waals surface area contributed by atoms with E-state index in [1.54, 1.807) is 0 Å². The normalized spacial score (nSPS) is 14.7. The van der Waals surface area contributed by atoms with Gasteiger partial charge in [-0.3, -0.25) is 4.79 Å². The summed E-state index contributed by atoms with van der Waals surface area (Å²) in [7, 11) is 0. The molecular weight excluding hydrogens is 218 g/mol. The van der Waals surface area contributed by atoms with Gasteiger partial charge >= 0.3 is 0 Å². The predicted octanol–water partition coefficient (Wildman–Crippen LogP) is 0.506. The Labute approximate surface area is 92.3 Å². The number of aldehydes is 1. The van der Waals surface area contributed by atoms with Gasteiger partial charge in [0.1, 0.15) is 12.4 Å².